The standard InChI is InChI=1S/C20H21NO7/c1-23-13-5-6-14-15(7-8-27-16(14)11-13)21-28-20(22)12-9-17(24-2)19(26-4)18(10-12)25-3/h5-7,9-11,21H,8H2,1-4H3. The van der Waals surface area contributed by atoms with E-state index < -0.39 is 5.97 Å². The normalized spacial score (nSPS) is 12.1. The van der Waals surface area contributed by atoms with Gasteiger partial charge in [0, 0.05) is 11.6 Å². The van der Waals surface area contributed by atoms with Crippen LogP contribution in [0, 0.1) is 0 Å². The van der Waals surface area contributed by atoms with Gasteiger partial charge in [0.25, 0.3) is 0 Å². The number of carbonyl (C=O) groups excluding carboxylic acids is 1. The molecule has 3 rings (SSSR count). The molecular weight excluding hydrogens is 366 g/mol. The van der Waals surface area contributed by atoms with Crippen LogP contribution in [-0.4, -0.2) is 41.0 Å². The van der Waals surface area contributed by atoms with E-state index in [-0.39, 0.29) is 5.56 Å². The monoisotopic (exact) mass is 387 g/mol. The zero-order valence-electron chi connectivity index (χ0n) is 16.0. The number of hydroxylamine groups is 1. The lowest BCUT2D eigenvalue weighted by Gasteiger charge is -2.20. The average molecular weight is 387 g/mol. The van der Waals surface area contributed by atoms with Crippen molar-refractivity contribution in [3.8, 4) is 28.7 Å². The summed E-state index contributed by atoms with van der Waals surface area (Å²) in [5.74, 6) is 1.81. The number of carbonyl (C=O) groups is 1. The Morgan fingerprint density at radius 3 is 2.29 bits per heavy atom. The number of nitrogens with one attached hydrogen (secondary N) is 1. The highest BCUT2D eigenvalue weighted by atomic mass is 16.7. The molecule has 0 atom stereocenters. The summed E-state index contributed by atoms with van der Waals surface area (Å²) in [4.78, 5) is 17.8. The van der Waals surface area contributed by atoms with Crippen molar-refractivity contribution >= 4 is 11.7 Å². The minimum atomic E-state index is -0.610. The first kappa shape index (κ1) is 19.2. The van der Waals surface area contributed by atoms with Gasteiger partial charge in [-0.15, -0.1) is 0 Å². The molecular formula is C20H21NO7. The van der Waals surface area contributed by atoms with E-state index in [4.69, 9.17) is 28.5 Å². The van der Waals surface area contributed by atoms with E-state index in [2.05, 4.69) is 5.48 Å². The van der Waals surface area contributed by atoms with Gasteiger partial charge in [0.05, 0.1) is 39.7 Å². The number of rotatable bonds is 7. The minimum Gasteiger partial charge on any atom is -0.497 e. The van der Waals surface area contributed by atoms with E-state index >= 15 is 0 Å². The van der Waals surface area contributed by atoms with Gasteiger partial charge < -0.3 is 28.5 Å². The second-order valence-corrected chi connectivity index (χ2v) is 5.70. The van der Waals surface area contributed by atoms with Gasteiger partial charge in [-0.05, 0) is 30.3 Å². The van der Waals surface area contributed by atoms with Crippen LogP contribution >= 0.6 is 0 Å². The van der Waals surface area contributed by atoms with E-state index in [1.165, 1.54) is 33.5 Å². The van der Waals surface area contributed by atoms with Crippen molar-refractivity contribution in [2.75, 3.05) is 35.0 Å². The molecule has 2 aromatic rings. The first-order valence-electron chi connectivity index (χ1n) is 8.39. The fourth-order valence-electron chi connectivity index (χ4n) is 2.75. The molecule has 1 N–H and O–H groups in total. The van der Waals surface area contributed by atoms with Crippen LogP contribution in [-0.2, 0) is 4.84 Å². The molecule has 1 heterocycles. The Bertz CT molecular complexity index is 882. The Balaban J connectivity index is 1.77. The van der Waals surface area contributed by atoms with Crippen LogP contribution in [0.1, 0.15) is 15.9 Å². The van der Waals surface area contributed by atoms with Crippen molar-refractivity contribution < 1.29 is 33.3 Å². The smallest absolute Gasteiger partial charge is 0.363 e. The highest BCUT2D eigenvalue weighted by Gasteiger charge is 2.20. The van der Waals surface area contributed by atoms with Crippen LogP contribution in [0.5, 0.6) is 28.7 Å². The maximum atomic E-state index is 12.5. The zero-order chi connectivity index (χ0) is 20.1. The van der Waals surface area contributed by atoms with E-state index in [0.29, 0.717) is 41.1 Å². The summed E-state index contributed by atoms with van der Waals surface area (Å²) in [6, 6.07) is 8.42. The fraction of sp³-hybridized carbons (Fsp3) is 0.250. The number of ether oxygens (including phenoxy) is 5. The highest BCUT2D eigenvalue weighted by Crippen LogP contribution is 2.38. The predicted molar refractivity (Wildman–Crippen MR) is 101 cm³/mol. The van der Waals surface area contributed by atoms with Crippen molar-refractivity contribution in [3.63, 3.8) is 0 Å². The topological polar surface area (TPSA) is 84.5 Å². The summed E-state index contributed by atoms with van der Waals surface area (Å²) in [5.41, 5.74) is 4.31. The Labute approximate surface area is 162 Å². The number of methoxy groups -OCH3 is 4. The van der Waals surface area contributed by atoms with Gasteiger partial charge in [0.15, 0.2) is 11.5 Å². The van der Waals surface area contributed by atoms with Crippen LogP contribution in [0.25, 0.3) is 5.70 Å². The molecule has 148 valence electrons. The molecule has 1 aliphatic rings. The molecule has 0 spiro atoms. The number of fused-ring (bicyclic) bond motifs is 1. The first-order chi connectivity index (χ1) is 13.6. The molecule has 0 radical (unpaired) electrons. The molecule has 0 aliphatic carbocycles. The van der Waals surface area contributed by atoms with Crippen molar-refractivity contribution in [2.45, 2.75) is 0 Å². The van der Waals surface area contributed by atoms with Crippen molar-refractivity contribution in [2.24, 2.45) is 0 Å². The maximum Gasteiger partial charge on any atom is 0.363 e. The van der Waals surface area contributed by atoms with Gasteiger partial charge in [0.1, 0.15) is 18.1 Å². The van der Waals surface area contributed by atoms with E-state index in [9.17, 15) is 4.79 Å². The third kappa shape index (κ3) is 3.75. The third-order valence-electron chi connectivity index (χ3n) is 4.16. The lowest BCUT2D eigenvalue weighted by atomic mass is 10.1. The van der Waals surface area contributed by atoms with Crippen molar-refractivity contribution in [1.82, 2.24) is 5.48 Å². The van der Waals surface area contributed by atoms with E-state index in [1.54, 1.807) is 25.3 Å². The molecule has 0 saturated heterocycles. The van der Waals surface area contributed by atoms with Crippen LogP contribution in [0.2, 0.25) is 0 Å². The largest absolute Gasteiger partial charge is 0.497 e. The van der Waals surface area contributed by atoms with Crippen LogP contribution in [0.15, 0.2) is 36.4 Å². The van der Waals surface area contributed by atoms with Crippen molar-refractivity contribution in [1.29, 1.82) is 0 Å². The summed E-state index contributed by atoms with van der Waals surface area (Å²) in [5, 5.41) is 0. The van der Waals surface area contributed by atoms with Crippen LogP contribution in [0.3, 0.4) is 0 Å². The summed E-state index contributed by atoms with van der Waals surface area (Å²) in [6.45, 7) is 0.338. The second kappa shape index (κ2) is 8.43. The highest BCUT2D eigenvalue weighted by molar-refractivity contribution is 5.91. The Kier molecular flexibility index (Phi) is 5.78. The Morgan fingerprint density at radius 2 is 1.68 bits per heavy atom. The predicted octanol–water partition coefficient (Wildman–Crippen LogP) is 2.82. The molecule has 0 aromatic heterocycles. The van der Waals surface area contributed by atoms with Crippen molar-refractivity contribution in [3.05, 3.63) is 47.5 Å². The Hall–Kier alpha value is -3.55. The number of benzene rings is 2. The molecule has 8 heteroatoms. The first-order valence-corrected chi connectivity index (χ1v) is 8.39. The average Bonchev–Trinajstić information content (AvgIpc) is 2.75. The molecule has 28 heavy (non-hydrogen) atoms. The molecule has 0 unspecified atom stereocenters. The fourth-order valence-corrected chi connectivity index (χ4v) is 2.75. The minimum absolute atomic E-state index is 0.240. The third-order valence-corrected chi connectivity index (χ3v) is 4.16. The SMILES string of the molecule is COc1ccc2c(c1)OCC=C2NOC(=O)c1cc(OC)c(OC)c(OC)c1. The number of hydrogen-bond donors (Lipinski definition) is 1. The molecule has 2 aromatic carbocycles. The molecule has 0 amide bonds. The quantitative estimate of drug-likeness (QED) is 0.726. The second-order valence-electron chi connectivity index (χ2n) is 5.70. The van der Waals surface area contributed by atoms with E-state index in [1.807, 2.05) is 6.07 Å². The van der Waals surface area contributed by atoms with Gasteiger partial charge in [-0.3, -0.25) is 0 Å². The summed E-state index contributed by atoms with van der Waals surface area (Å²) in [6.07, 6.45) is 1.78. The van der Waals surface area contributed by atoms with Gasteiger partial charge >= 0.3 is 5.97 Å². The zero-order valence-corrected chi connectivity index (χ0v) is 16.0. The van der Waals surface area contributed by atoms with Gasteiger partial charge in [-0.2, -0.15) is 0 Å². The Morgan fingerprint density at radius 1 is 0.964 bits per heavy atom. The summed E-state index contributed by atoms with van der Waals surface area (Å²) < 4.78 is 26.6. The van der Waals surface area contributed by atoms with Gasteiger partial charge in [0.2, 0.25) is 5.75 Å². The van der Waals surface area contributed by atoms with Gasteiger partial charge in [-0.1, -0.05) is 0 Å². The lowest BCUT2D eigenvalue weighted by Crippen LogP contribution is -2.21. The molecule has 1 aliphatic heterocycles. The molecule has 8 nitrogen and oxygen atoms in total. The summed E-state index contributed by atoms with van der Waals surface area (Å²) >= 11 is 0. The molecule has 0 bridgehead atoms. The molecule has 0 saturated carbocycles. The van der Waals surface area contributed by atoms with Gasteiger partial charge in [-0.25, -0.2) is 10.3 Å². The van der Waals surface area contributed by atoms with Crippen LogP contribution < -0.4 is 29.2 Å². The van der Waals surface area contributed by atoms with Crippen LogP contribution in [0.4, 0.5) is 0 Å². The molecule has 0 fully saturated rings. The number of hydrogen-bond acceptors (Lipinski definition) is 8. The maximum absolute atomic E-state index is 12.5. The lowest BCUT2D eigenvalue weighted by molar-refractivity contribution is 0.0365. The van der Waals surface area contributed by atoms with E-state index in [0.717, 1.165) is 5.56 Å². The summed E-state index contributed by atoms with van der Waals surface area (Å²) in [7, 11) is 6.02.